The quantitative estimate of drug-likeness (QED) is 0.804. The zero-order valence-electron chi connectivity index (χ0n) is 12.6. The summed E-state index contributed by atoms with van der Waals surface area (Å²) in [6.45, 7) is 4.66. The predicted octanol–water partition coefficient (Wildman–Crippen LogP) is 3.09. The third-order valence-electron chi connectivity index (χ3n) is 3.02. The van der Waals surface area contributed by atoms with Crippen LogP contribution in [0.4, 0.5) is 5.69 Å². The molecule has 1 amide bonds. The molecule has 1 aromatic heterocycles. The molecule has 0 fully saturated rings. The van der Waals surface area contributed by atoms with E-state index in [0.29, 0.717) is 18.7 Å². The second-order valence-corrected chi connectivity index (χ2v) is 6.05. The summed E-state index contributed by atoms with van der Waals surface area (Å²) in [5.41, 5.74) is 8.37. The number of carbonyl (C=O) groups excluding carboxylic acids is 1. The highest BCUT2D eigenvalue weighted by Crippen LogP contribution is 2.17. The summed E-state index contributed by atoms with van der Waals surface area (Å²) in [6, 6.07) is 7.38. The van der Waals surface area contributed by atoms with Crippen LogP contribution in [0.1, 0.15) is 21.1 Å². The minimum Gasteiger partial charge on any atom is -0.399 e. The second-order valence-electron chi connectivity index (χ2n) is 4.76. The van der Waals surface area contributed by atoms with Crippen LogP contribution in [-0.2, 0) is 17.6 Å². The number of hydrogen-bond donors (Lipinski definition) is 2. The van der Waals surface area contributed by atoms with E-state index in [0.717, 1.165) is 22.7 Å². The molecular weight excluding hydrogens is 341 g/mol. The standard InChI is InChI=1S/C15H19N3OS.2ClH/c1-10-14(20-11(2)18-10)7-8-17-15(19)9-12-3-5-13(16)6-4-12;;/h3-6H,7-9,16H2,1-2H3,(H,17,19);2*1H. The molecule has 22 heavy (non-hydrogen) atoms. The molecule has 4 nitrogen and oxygen atoms in total. The van der Waals surface area contributed by atoms with Gasteiger partial charge in [0.05, 0.1) is 17.1 Å². The van der Waals surface area contributed by atoms with Crippen molar-refractivity contribution >= 4 is 47.7 Å². The van der Waals surface area contributed by atoms with Crippen molar-refractivity contribution in [3.8, 4) is 0 Å². The molecule has 122 valence electrons. The number of halogens is 2. The summed E-state index contributed by atoms with van der Waals surface area (Å²) >= 11 is 1.70. The fourth-order valence-corrected chi connectivity index (χ4v) is 2.94. The second kappa shape index (κ2) is 9.66. The molecule has 0 aliphatic heterocycles. The van der Waals surface area contributed by atoms with Crippen LogP contribution in [0.5, 0.6) is 0 Å². The van der Waals surface area contributed by atoms with Crippen LogP contribution in [0.3, 0.4) is 0 Å². The number of aryl methyl sites for hydroxylation is 2. The Morgan fingerprint density at radius 3 is 2.41 bits per heavy atom. The van der Waals surface area contributed by atoms with Crippen molar-refractivity contribution in [2.75, 3.05) is 12.3 Å². The van der Waals surface area contributed by atoms with Gasteiger partial charge in [0.1, 0.15) is 0 Å². The number of amides is 1. The van der Waals surface area contributed by atoms with Crippen LogP contribution in [-0.4, -0.2) is 17.4 Å². The van der Waals surface area contributed by atoms with Gasteiger partial charge in [-0.1, -0.05) is 12.1 Å². The van der Waals surface area contributed by atoms with E-state index in [2.05, 4.69) is 10.3 Å². The van der Waals surface area contributed by atoms with Gasteiger partial charge in [-0.15, -0.1) is 36.2 Å². The zero-order valence-corrected chi connectivity index (χ0v) is 15.0. The van der Waals surface area contributed by atoms with Crippen LogP contribution in [0, 0.1) is 13.8 Å². The molecule has 2 rings (SSSR count). The maximum atomic E-state index is 11.8. The van der Waals surface area contributed by atoms with Crippen molar-refractivity contribution in [2.24, 2.45) is 0 Å². The molecule has 1 heterocycles. The van der Waals surface area contributed by atoms with Crippen LogP contribution in [0.2, 0.25) is 0 Å². The fraction of sp³-hybridized carbons (Fsp3) is 0.333. The lowest BCUT2D eigenvalue weighted by molar-refractivity contribution is -0.120. The summed E-state index contributed by atoms with van der Waals surface area (Å²) in [5, 5.41) is 4.01. The zero-order chi connectivity index (χ0) is 14.5. The number of hydrogen-bond acceptors (Lipinski definition) is 4. The molecule has 0 saturated heterocycles. The van der Waals surface area contributed by atoms with Gasteiger partial charge >= 0.3 is 0 Å². The third-order valence-corrected chi connectivity index (χ3v) is 4.15. The number of nitrogens with two attached hydrogens (primary N) is 1. The van der Waals surface area contributed by atoms with Gasteiger partial charge in [0, 0.05) is 23.5 Å². The predicted molar refractivity (Wildman–Crippen MR) is 97.4 cm³/mol. The van der Waals surface area contributed by atoms with E-state index in [-0.39, 0.29) is 30.7 Å². The summed E-state index contributed by atoms with van der Waals surface area (Å²) in [6.07, 6.45) is 1.23. The van der Waals surface area contributed by atoms with Crippen molar-refractivity contribution in [1.82, 2.24) is 10.3 Å². The van der Waals surface area contributed by atoms with Gasteiger partial charge in [-0.2, -0.15) is 0 Å². The highest BCUT2D eigenvalue weighted by Gasteiger charge is 2.06. The minimum absolute atomic E-state index is 0. The molecule has 0 radical (unpaired) electrons. The van der Waals surface area contributed by atoms with Gasteiger partial charge in [0.25, 0.3) is 0 Å². The molecule has 3 N–H and O–H groups in total. The van der Waals surface area contributed by atoms with Gasteiger partial charge in [-0.25, -0.2) is 4.98 Å². The van der Waals surface area contributed by atoms with E-state index in [1.807, 2.05) is 38.1 Å². The minimum atomic E-state index is 0. The Kier molecular flexibility index (Phi) is 9.09. The van der Waals surface area contributed by atoms with E-state index in [1.54, 1.807) is 11.3 Å². The number of benzene rings is 1. The monoisotopic (exact) mass is 361 g/mol. The smallest absolute Gasteiger partial charge is 0.224 e. The van der Waals surface area contributed by atoms with Crippen molar-refractivity contribution in [1.29, 1.82) is 0 Å². The van der Waals surface area contributed by atoms with Gasteiger partial charge in [0.15, 0.2) is 0 Å². The molecule has 7 heteroatoms. The molecule has 0 spiro atoms. The first-order valence-electron chi connectivity index (χ1n) is 6.58. The van der Waals surface area contributed by atoms with Crippen molar-refractivity contribution < 1.29 is 4.79 Å². The number of carbonyl (C=O) groups is 1. The van der Waals surface area contributed by atoms with Crippen LogP contribution in [0.15, 0.2) is 24.3 Å². The normalized spacial score (nSPS) is 9.55. The SMILES string of the molecule is Cc1nc(C)c(CCNC(=O)Cc2ccc(N)cc2)s1.Cl.Cl. The highest BCUT2D eigenvalue weighted by atomic mass is 35.5. The van der Waals surface area contributed by atoms with E-state index in [4.69, 9.17) is 5.73 Å². The topological polar surface area (TPSA) is 68.0 Å². The fourth-order valence-electron chi connectivity index (χ4n) is 2.00. The first kappa shape index (κ1) is 20.7. The van der Waals surface area contributed by atoms with Crippen molar-refractivity contribution in [3.63, 3.8) is 0 Å². The summed E-state index contributed by atoms with van der Waals surface area (Å²) < 4.78 is 0. The van der Waals surface area contributed by atoms with E-state index in [1.165, 1.54) is 4.88 Å². The Morgan fingerprint density at radius 1 is 1.23 bits per heavy atom. The van der Waals surface area contributed by atoms with Gasteiger partial charge in [-0.05, 0) is 31.5 Å². The molecule has 0 bridgehead atoms. The lowest BCUT2D eigenvalue weighted by Crippen LogP contribution is -2.27. The molecule has 0 saturated carbocycles. The van der Waals surface area contributed by atoms with Crippen LogP contribution in [0.25, 0.3) is 0 Å². The average Bonchev–Trinajstić information content (AvgIpc) is 2.71. The molecule has 0 aliphatic carbocycles. The third kappa shape index (κ3) is 6.22. The lowest BCUT2D eigenvalue weighted by Gasteiger charge is -2.05. The summed E-state index contributed by atoms with van der Waals surface area (Å²) in [7, 11) is 0. The number of nitrogen functional groups attached to an aromatic ring is 1. The lowest BCUT2D eigenvalue weighted by atomic mass is 10.1. The van der Waals surface area contributed by atoms with E-state index in [9.17, 15) is 4.79 Å². The van der Waals surface area contributed by atoms with Crippen molar-refractivity contribution in [3.05, 3.63) is 45.4 Å². The summed E-state index contributed by atoms with van der Waals surface area (Å²) in [5.74, 6) is 0.0358. The van der Waals surface area contributed by atoms with Gasteiger partial charge in [0.2, 0.25) is 5.91 Å². The molecule has 2 aromatic rings. The van der Waals surface area contributed by atoms with Gasteiger partial charge < -0.3 is 11.1 Å². The largest absolute Gasteiger partial charge is 0.399 e. The Morgan fingerprint density at radius 2 is 1.86 bits per heavy atom. The highest BCUT2D eigenvalue weighted by molar-refractivity contribution is 7.11. The van der Waals surface area contributed by atoms with Crippen LogP contribution < -0.4 is 11.1 Å². The molecule has 1 aromatic carbocycles. The maximum absolute atomic E-state index is 11.8. The molecule has 0 unspecified atom stereocenters. The maximum Gasteiger partial charge on any atom is 0.224 e. The number of anilines is 1. The number of nitrogens with one attached hydrogen (secondary N) is 1. The van der Waals surface area contributed by atoms with Crippen LogP contribution >= 0.6 is 36.2 Å². The Labute approximate surface area is 147 Å². The van der Waals surface area contributed by atoms with E-state index < -0.39 is 0 Å². The number of thiazole rings is 1. The number of nitrogens with zero attached hydrogens (tertiary/aromatic N) is 1. The first-order valence-corrected chi connectivity index (χ1v) is 7.40. The van der Waals surface area contributed by atoms with Gasteiger partial charge in [-0.3, -0.25) is 4.79 Å². The average molecular weight is 362 g/mol. The molecular formula is C15H21Cl2N3OS. The molecule has 0 aliphatic rings. The first-order chi connectivity index (χ1) is 9.54. The number of rotatable bonds is 5. The number of aromatic nitrogens is 1. The summed E-state index contributed by atoms with van der Waals surface area (Å²) in [4.78, 5) is 17.4. The van der Waals surface area contributed by atoms with E-state index >= 15 is 0 Å². The Bertz CT molecular complexity index is 599. The molecule has 0 atom stereocenters. The van der Waals surface area contributed by atoms with Crippen molar-refractivity contribution in [2.45, 2.75) is 26.7 Å². The Hall–Kier alpha value is -1.30. The Balaban J connectivity index is 0.00000220.